The van der Waals surface area contributed by atoms with Crippen molar-refractivity contribution in [2.24, 2.45) is 0 Å². The highest BCUT2D eigenvalue weighted by molar-refractivity contribution is 5.86. The Balaban J connectivity index is -0.000000121. The van der Waals surface area contributed by atoms with E-state index in [9.17, 15) is 0 Å². The molecule has 2 aromatic rings. The molecule has 8 heteroatoms. The highest BCUT2D eigenvalue weighted by Gasteiger charge is 1.88. The standard InChI is InChI=1S/C7H5N3.5ClH/c1-2-8-4-7-6(1)3-9-5-10-7;;;;;/h1-5H;5*1H. The van der Waals surface area contributed by atoms with Gasteiger partial charge >= 0.3 is 0 Å². The Labute approximate surface area is 119 Å². The Kier molecular flexibility index (Phi) is 19.4. The molecule has 0 atom stereocenters. The van der Waals surface area contributed by atoms with Gasteiger partial charge in [0.05, 0.1) is 11.7 Å². The summed E-state index contributed by atoms with van der Waals surface area (Å²) in [5, 5.41) is 1.03. The van der Waals surface area contributed by atoms with Crippen LogP contribution in [0.2, 0.25) is 0 Å². The van der Waals surface area contributed by atoms with Crippen LogP contribution in [0.3, 0.4) is 0 Å². The van der Waals surface area contributed by atoms with Crippen molar-refractivity contribution in [1.82, 2.24) is 15.0 Å². The van der Waals surface area contributed by atoms with Crippen LogP contribution in [0.1, 0.15) is 0 Å². The van der Waals surface area contributed by atoms with E-state index in [4.69, 9.17) is 0 Å². The van der Waals surface area contributed by atoms with E-state index in [1.807, 2.05) is 6.07 Å². The molecule has 2 aromatic heterocycles. The molecule has 0 saturated heterocycles. The van der Waals surface area contributed by atoms with Crippen molar-refractivity contribution in [3.8, 4) is 0 Å². The van der Waals surface area contributed by atoms with Crippen molar-refractivity contribution < 1.29 is 0 Å². The van der Waals surface area contributed by atoms with E-state index in [2.05, 4.69) is 15.0 Å². The van der Waals surface area contributed by atoms with Crippen molar-refractivity contribution >= 4 is 72.9 Å². The van der Waals surface area contributed by atoms with Crippen LogP contribution >= 0.6 is 62.0 Å². The Morgan fingerprint density at radius 2 is 1.47 bits per heavy atom. The maximum Gasteiger partial charge on any atom is 0.116 e. The van der Waals surface area contributed by atoms with Gasteiger partial charge in [-0.15, -0.1) is 62.0 Å². The summed E-state index contributed by atoms with van der Waals surface area (Å²) in [5.41, 5.74) is 0.887. The van der Waals surface area contributed by atoms with E-state index in [0.29, 0.717) is 0 Å². The lowest BCUT2D eigenvalue weighted by molar-refractivity contribution is 1.20. The molecule has 0 aliphatic carbocycles. The minimum atomic E-state index is 0. The molecule has 2 heterocycles. The number of halogens is 5. The van der Waals surface area contributed by atoms with E-state index in [-0.39, 0.29) is 62.0 Å². The van der Waals surface area contributed by atoms with Gasteiger partial charge < -0.3 is 0 Å². The van der Waals surface area contributed by atoms with Crippen molar-refractivity contribution in [3.63, 3.8) is 0 Å². The molecule has 0 radical (unpaired) electrons. The Hall–Kier alpha value is -0.0600. The van der Waals surface area contributed by atoms with Crippen LogP contribution in [0, 0.1) is 0 Å². The number of hydrogen-bond donors (Lipinski definition) is 0. The monoisotopic (exact) mass is 311 g/mol. The molecular weight excluding hydrogens is 303 g/mol. The molecule has 15 heavy (non-hydrogen) atoms. The molecule has 3 nitrogen and oxygen atoms in total. The van der Waals surface area contributed by atoms with Crippen LogP contribution in [0.4, 0.5) is 0 Å². The first-order chi connectivity index (χ1) is 4.97. The summed E-state index contributed by atoms with van der Waals surface area (Å²) in [7, 11) is 0. The van der Waals surface area contributed by atoms with E-state index in [0.717, 1.165) is 10.9 Å². The van der Waals surface area contributed by atoms with Crippen molar-refractivity contribution in [2.45, 2.75) is 0 Å². The van der Waals surface area contributed by atoms with E-state index in [1.54, 1.807) is 18.6 Å². The fourth-order valence-corrected chi connectivity index (χ4v) is 0.823. The van der Waals surface area contributed by atoms with Gasteiger partial charge in [-0.1, -0.05) is 0 Å². The summed E-state index contributed by atoms with van der Waals surface area (Å²) in [6.45, 7) is 0. The third kappa shape index (κ3) is 6.17. The van der Waals surface area contributed by atoms with Crippen LogP contribution < -0.4 is 0 Å². The van der Waals surface area contributed by atoms with Crippen LogP contribution in [0.25, 0.3) is 10.9 Å². The fraction of sp³-hybridized carbons (Fsp3) is 0. The van der Waals surface area contributed by atoms with Gasteiger partial charge in [-0.2, -0.15) is 0 Å². The van der Waals surface area contributed by atoms with Crippen LogP contribution in [-0.4, -0.2) is 15.0 Å². The zero-order valence-electron chi connectivity index (χ0n) is 7.27. The minimum Gasteiger partial charge on any atom is -0.262 e. The normalized spacial score (nSPS) is 6.67. The molecule has 0 unspecified atom stereocenters. The lowest BCUT2D eigenvalue weighted by atomic mass is 10.3. The molecule has 0 fully saturated rings. The number of pyridine rings is 1. The lowest BCUT2D eigenvalue weighted by Crippen LogP contribution is -1.80. The van der Waals surface area contributed by atoms with Crippen LogP contribution in [0.5, 0.6) is 0 Å². The zero-order valence-corrected chi connectivity index (χ0v) is 11.4. The molecule has 0 aromatic carbocycles. The van der Waals surface area contributed by atoms with E-state index in [1.165, 1.54) is 6.33 Å². The molecule has 0 saturated carbocycles. The van der Waals surface area contributed by atoms with Gasteiger partial charge in [-0.3, -0.25) is 4.98 Å². The minimum absolute atomic E-state index is 0. The first kappa shape index (κ1) is 24.3. The maximum atomic E-state index is 4.01. The first-order valence-electron chi connectivity index (χ1n) is 2.96. The average molecular weight is 313 g/mol. The second-order valence-corrected chi connectivity index (χ2v) is 1.96. The number of nitrogens with zero attached hydrogens (tertiary/aromatic N) is 3. The number of aromatic nitrogens is 3. The van der Waals surface area contributed by atoms with Crippen molar-refractivity contribution in [1.29, 1.82) is 0 Å². The fourth-order valence-electron chi connectivity index (χ4n) is 0.823. The van der Waals surface area contributed by atoms with Crippen LogP contribution in [0.15, 0.2) is 31.0 Å². The summed E-state index contributed by atoms with van der Waals surface area (Å²) in [6.07, 6.45) is 6.73. The molecule has 0 amide bonds. The summed E-state index contributed by atoms with van der Waals surface area (Å²) in [6, 6.07) is 1.88. The van der Waals surface area contributed by atoms with Crippen LogP contribution in [-0.2, 0) is 0 Å². The van der Waals surface area contributed by atoms with Gasteiger partial charge in [0.2, 0.25) is 0 Å². The highest BCUT2D eigenvalue weighted by Crippen LogP contribution is 2.04. The highest BCUT2D eigenvalue weighted by atomic mass is 35.5. The molecule has 0 bridgehead atoms. The van der Waals surface area contributed by atoms with Gasteiger partial charge in [-0.25, -0.2) is 9.97 Å². The zero-order chi connectivity index (χ0) is 6.81. The molecule has 2 rings (SSSR count). The quantitative estimate of drug-likeness (QED) is 0.750. The van der Waals surface area contributed by atoms with Gasteiger partial charge in [0.25, 0.3) is 0 Å². The molecule has 88 valence electrons. The number of rotatable bonds is 0. The topological polar surface area (TPSA) is 38.7 Å². The molecule has 0 N–H and O–H groups in total. The lowest BCUT2D eigenvalue weighted by Gasteiger charge is -1.90. The second-order valence-electron chi connectivity index (χ2n) is 1.96. The van der Waals surface area contributed by atoms with Gasteiger partial charge in [0.15, 0.2) is 0 Å². The predicted molar refractivity (Wildman–Crippen MR) is 73.6 cm³/mol. The van der Waals surface area contributed by atoms with E-state index >= 15 is 0 Å². The van der Waals surface area contributed by atoms with Gasteiger partial charge in [-0.05, 0) is 6.07 Å². The number of hydrogen-bond acceptors (Lipinski definition) is 3. The predicted octanol–water partition coefficient (Wildman–Crippen LogP) is 3.13. The van der Waals surface area contributed by atoms with Gasteiger partial charge in [0, 0.05) is 17.8 Å². The maximum absolute atomic E-state index is 4.01. The Morgan fingerprint density at radius 1 is 0.800 bits per heavy atom. The smallest absolute Gasteiger partial charge is 0.116 e. The molecule has 0 spiro atoms. The summed E-state index contributed by atoms with van der Waals surface area (Å²) < 4.78 is 0. The second kappa shape index (κ2) is 12.0. The summed E-state index contributed by atoms with van der Waals surface area (Å²) in [5.74, 6) is 0. The Morgan fingerprint density at radius 3 is 2.07 bits per heavy atom. The molecule has 0 aliphatic heterocycles. The first-order valence-corrected chi connectivity index (χ1v) is 2.96. The summed E-state index contributed by atoms with van der Waals surface area (Å²) in [4.78, 5) is 11.8. The third-order valence-electron chi connectivity index (χ3n) is 1.31. The van der Waals surface area contributed by atoms with E-state index < -0.39 is 0 Å². The van der Waals surface area contributed by atoms with Crippen molar-refractivity contribution in [2.75, 3.05) is 0 Å². The Bertz CT molecular complexity index is 294. The van der Waals surface area contributed by atoms with Crippen molar-refractivity contribution in [3.05, 3.63) is 31.0 Å². The SMILES string of the molecule is Cl.Cl.Cl.Cl.Cl.c1cc2cncnc2cn1. The third-order valence-corrected chi connectivity index (χ3v) is 1.31. The number of fused-ring (bicyclic) bond motifs is 1. The largest absolute Gasteiger partial charge is 0.262 e. The van der Waals surface area contributed by atoms with Gasteiger partial charge in [0.1, 0.15) is 6.33 Å². The average Bonchev–Trinajstić information content (AvgIpc) is 2.05. The molecular formula is C7H10Cl5N3. The molecule has 0 aliphatic rings. The summed E-state index contributed by atoms with van der Waals surface area (Å²) >= 11 is 0.